The van der Waals surface area contributed by atoms with Gasteiger partial charge in [-0.3, -0.25) is 9.09 Å². The van der Waals surface area contributed by atoms with Crippen molar-refractivity contribution in [2.45, 2.75) is 66.1 Å². The Bertz CT molecular complexity index is 826. The van der Waals surface area contributed by atoms with Crippen LogP contribution < -0.4 is 16.7 Å². The molecule has 1 aliphatic heterocycles. The first-order chi connectivity index (χ1) is 17.9. The molecule has 0 saturated carbocycles. The maximum absolute atomic E-state index is 12.0. The van der Waals surface area contributed by atoms with Crippen LogP contribution in [-0.2, 0) is 13.8 Å². The van der Waals surface area contributed by atoms with Crippen molar-refractivity contribution in [3.8, 4) is 0 Å². The molecule has 0 unspecified atom stereocenters. The van der Waals surface area contributed by atoms with Crippen molar-refractivity contribution >= 4 is 13.6 Å². The first-order valence-electron chi connectivity index (χ1n) is 13.1. The van der Waals surface area contributed by atoms with Gasteiger partial charge in [-0.25, -0.2) is 9.36 Å². The molecule has 2 rings (SSSR count). The summed E-state index contributed by atoms with van der Waals surface area (Å²) in [6.45, 7) is 20.4. The highest BCUT2D eigenvalue weighted by molar-refractivity contribution is 7.46. The van der Waals surface area contributed by atoms with Gasteiger partial charge in [0, 0.05) is 19.3 Å². The van der Waals surface area contributed by atoms with Crippen LogP contribution in [0.25, 0.3) is 0 Å². The van der Waals surface area contributed by atoms with E-state index in [0.717, 1.165) is 4.57 Å². The molecule has 224 valence electrons. The summed E-state index contributed by atoms with van der Waals surface area (Å²) < 4.78 is 21.2. The minimum Gasteiger partial charge on any atom is -0.387 e. The molecular formula is C23H49N6O8P. The van der Waals surface area contributed by atoms with Gasteiger partial charge in [0.15, 0.2) is 6.23 Å². The van der Waals surface area contributed by atoms with Gasteiger partial charge in [-0.15, -0.1) is 0 Å². The fraction of sp³-hybridized carbons (Fsp3) is 0.826. The molecule has 0 spiro atoms. The molecule has 38 heavy (non-hydrogen) atoms. The highest BCUT2D eigenvalue weighted by atomic mass is 31.2. The van der Waals surface area contributed by atoms with Crippen LogP contribution in [0.5, 0.6) is 0 Å². The second-order valence-electron chi connectivity index (χ2n) is 8.29. The van der Waals surface area contributed by atoms with Gasteiger partial charge < -0.3 is 45.6 Å². The third-order valence-electron chi connectivity index (χ3n) is 5.98. The van der Waals surface area contributed by atoms with E-state index >= 15 is 0 Å². The average Bonchev–Trinajstić information content (AvgIpc) is 3.17. The second-order valence-corrected chi connectivity index (χ2v) is 9.53. The molecule has 1 saturated heterocycles. The average molecular weight is 569 g/mol. The number of hydrogen-bond acceptors (Lipinski definition) is 11. The maximum atomic E-state index is 12.0. The van der Waals surface area contributed by atoms with Crippen molar-refractivity contribution in [2.75, 3.05) is 64.3 Å². The summed E-state index contributed by atoms with van der Waals surface area (Å²) in [6, 6.07) is 1.46. The Morgan fingerprint density at radius 1 is 1.03 bits per heavy atom. The van der Waals surface area contributed by atoms with E-state index in [1.165, 1.54) is 51.5 Å². The molecule has 0 amide bonds. The molecule has 7 N–H and O–H groups in total. The van der Waals surface area contributed by atoms with E-state index in [9.17, 15) is 19.6 Å². The maximum Gasteiger partial charge on any atom is 0.469 e. The lowest BCUT2D eigenvalue weighted by molar-refractivity contribution is -0.0542. The largest absolute Gasteiger partial charge is 0.469 e. The molecule has 0 aliphatic carbocycles. The van der Waals surface area contributed by atoms with Crippen LogP contribution in [0.3, 0.4) is 0 Å². The van der Waals surface area contributed by atoms with Crippen molar-refractivity contribution in [1.29, 1.82) is 0 Å². The number of anilines is 1. The molecule has 14 nitrogen and oxygen atoms in total. The Morgan fingerprint density at radius 3 is 1.89 bits per heavy atom. The number of ether oxygens (including phenoxy) is 1. The van der Waals surface area contributed by atoms with Crippen LogP contribution >= 0.6 is 7.82 Å². The van der Waals surface area contributed by atoms with Crippen LogP contribution in [0.4, 0.5) is 5.82 Å². The summed E-state index contributed by atoms with van der Waals surface area (Å²) in [4.78, 5) is 37.8. The van der Waals surface area contributed by atoms with E-state index in [-0.39, 0.29) is 5.82 Å². The van der Waals surface area contributed by atoms with Crippen LogP contribution in [-0.4, -0.2) is 117 Å². The Hall–Kier alpha value is -1.45. The number of aliphatic hydroxyl groups excluding tert-OH is 2. The Labute approximate surface area is 226 Å². The van der Waals surface area contributed by atoms with E-state index in [2.05, 4.69) is 66.2 Å². The predicted octanol–water partition coefficient (Wildman–Crippen LogP) is 0.0386. The lowest BCUT2D eigenvalue weighted by atomic mass is 10.1. The van der Waals surface area contributed by atoms with Gasteiger partial charge >= 0.3 is 13.5 Å². The van der Waals surface area contributed by atoms with Crippen molar-refractivity contribution in [1.82, 2.24) is 19.4 Å². The van der Waals surface area contributed by atoms with Gasteiger partial charge in [-0.05, 0) is 45.3 Å². The summed E-state index contributed by atoms with van der Waals surface area (Å²) >= 11 is 0. The third-order valence-corrected chi connectivity index (χ3v) is 6.47. The van der Waals surface area contributed by atoms with Gasteiger partial charge in [-0.1, -0.05) is 41.5 Å². The molecular weight excluding hydrogens is 519 g/mol. The van der Waals surface area contributed by atoms with Gasteiger partial charge in [0.2, 0.25) is 0 Å². The van der Waals surface area contributed by atoms with Crippen molar-refractivity contribution < 1.29 is 33.8 Å². The molecule has 2 heterocycles. The van der Waals surface area contributed by atoms with Gasteiger partial charge in [0.1, 0.15) is 24.1 Å². The van der Waals surface area contributed by atoms with Gasteiger partial charge in [0.25, 0.3) is 0 Å². The van der Waals surface area contributed by atoms with Crippen LogP contribution in [0.2, 0.25) is 0 Å². The molecule has 4 atom stereocenters. The fourth-order valence-electron chi connectivity index (χ4n) is 3.51. The Balaban J connectivity index is 0.000000804. The summed E-state index contributed by atoms with van der Waals surface area (Å²) in [5.74, 6) is 0.288. The molecule has 0 aromatic carbocycles. The molecule has 1 aromatic heterocycles. The smallest absolute Gasteiger partial charge is 0.387 e. The lowest BCUT2D eigenvalue weighted by Crippen LogP contribution is -2.36. The van der Waals surface area contributed by atoms with E-state index in [0.29, 0.717) is 13.1 Å². The highest BCUT2D eigenvalue weighted by Gasteiger charge is 2.45. The van der Waals surface area contributed by atoms with Crippen LogP contribution in [0, 0.1) is 0 Å². The number of aliphatic hydroxyl groups is 2. The quantitative estimate of drug-likeness (QED) is 0.175. The molecule has 0 radical (unpaired) electrons. The molecule has 1 fully saturated rings. The fourth-order valence-corrected chi connectivity index (χ4v) is 3.86. The van der Waals surface area contributed by atoms with Crippen molar-refractivity contribution in [3.63, 3.8) is 0 Å². The molecule has 0 bridgehead atoms. The molecule has 1 aromatic rings. The second kappa shape index (κ2) is 19.6. The van der Waals surface area contributed by atoms with E-state index in [4.69, 9.17) is 20.3 Å². The zero-order valence-electron chi connectivity index (χ0n) is 23.6. The summed E-state index contributed by atoms with van der Waals surface area (Å²) in [5.41, 5.74) is 4.58. The number of nitrogens with two attached hydrogens (primary N) is 1. The standard InChI is InChI=1S/C11H19N4O8P.2C6H15N/c12-2-3-13-7-1-4-15(11(18)14-7)10-9(17)8(16)6(23-10)5-22-24(19,20)21;2*1-4-7(5-2)6-3/h1,4,6,8-10,16-17H,2-3,5,12H2,(H,13,14,18)(H2,19,20,21);2*4-6H2,1-3H3/t6-,8-,9-,10-;;/m1../s1. The zero-order chi connectivity index (χ0) is 29.3. The van der Waals surface area contributed by atoms with Crippen LogP contribution in [0.1, 0.15) is 47.8 Å². The number of nitrogens with one attached hydrogen (secondary N) is 1. The van der Waals surface area contributed by atoms with E-state index in [1.807, 2.05) is 0 Å². The minimum atomic E-state index is -4.76. The number of phosphoric acid groups is 1. The normalized spacial score (nSPS) is 21.1. The Morgan fingerprint density at radius 2 is 1.53 bits per heavy atom. The Kier molecular flexibility index (Phi) is 18.8. The molecule has 1 aliphatic rings. The van der Waals surface area contributed by atoms with Crippen LogP contribution in [0.15, 0.2) is 17.1 Å². The number of nitrogens with zero attached hydrogens (tertiary/aromatic N) is 4. The highest BCUT2D eigenvalue weighted by Crippen LogP contribution is 2.38. The first-order valence-corrected chi connectivity index (χ1v) is 14.6. The van der Waals surface area contributed by atoms with Gasteiger partial charge in [-0.2, -0.15) is 4.98 Å². The van der Waals surface area contributed by atoms with E-state index in [1.54, 1.807) is 0 Å². The number of aromatic nitrogens is 2. The summed E-state index contributed by atoms with van der Waals surface area (Å²) in [5, 5.41) is 22.7. The lowest BCUT2D eigenvalue weighted by Gasteiger charge is -2.17. The third kappa shape index (κ3) is 13.6. The van der Waals surface area contributed by atoms with Gasteiger partial charge in [0.05, 0.1) is 6.61 Å². The van der Waals surface area contributed by atoms with E-state index < -0.39 is 44.7 Å². The molecule has 15 heteroatoms. The van der Waals surface area contributed by atoms with Crippen molar-refractivity contribution in [3.05, 3.63) is 22.7 Å². The number of hydrogen-bond donors (Lipinski definition) is 6. The summed E-state index contributed by atoms with van der Waals surface area (Å²) in [7, 11) is -4.76. The number of rotatable bonds is 13. The predicted molar refractivity (Wildman–Crippen MR) is 147 cm³/mol. The monoisotopic (exact) mass is 568 g/mol. The summed E-state index contributed by atoms with van der Waals surface area (Å²) in [6.07, 6.45) is -4.18. The number of phosphoric ester groups is 1. The SMILES string of the molecule is CCN(CC)CC.CCN(CC)CC.NCCNc1ccn([C@@H]2O[C@H](COP(=O)(O)O)[C@@H](O)[C@H]2O)c(=O)n1. The topological polar surface area (TPSA) is 196 Å². The van der Waals surface area contributed by atoms with Crippen molar-refractivity contribution in [2.24, 2.45) is 5.73 Å². The zero-order valence-corrected chi connectivity index (χ0v) is 24.5. The first kappa shape index (κ1) is 36.5. The minimum absolute atomic E-state index is 0.288.